The highest BCUT2D eigenvalue weighted by Gasteiger charge is 2.20. The van der Waals surface area contributed by atoms with Gasteiger partial charge in [-0.15, -0.1) is 0 Å². The van der Waals surface area contributed by atoms with E-state index in [2.05, 4.69) is 10.3 Å². The van der Waals surface area contributed by atoms with Crippen LogP contribution >= 0.6 is 0 Å². The average Bonchev–Trinajstić information content (AvgIpc) is 3.45. The number of esters is 1. The van der Waals surface area contributed by atoms with Gasteiger partial charge < -0.3 is 24.8 Å². The third kappa shape index (κ3) is 5.74. The molecule has 4 aromatic rings. The lowest BCUT2D eigenvalue weighted by Crippen LogP contribution is -2.22. The Balaban J connectivity index is 1.60. The summed E-state index contributed by atoms with van der Waals surface area (Å²) in [6.45, 7) is 2.01. The quantitative estimate of drug-likeness (QED) is 0.147. The van der Waals surface area contributed by atoms with Crippen LogP contribution in [0.1, 0.15) is 17.3 Å². The van der Waals surface area contributed by atoms with Gasteiger partial charge in [-0.3, -0.25) is 4.79 Å². The number of ether oxygens (including phenoxy) is 2. The Morgan fingerprint density at radius 1 is 0.972 bits per heavy atom. The monoisotopic (exact) mass is 480 g/mol. The molecule has 180 valence electrons. The summed E-state index contributed by atoms with van der Waals surface area (Å²) in [4.78, 5) is 29.2. The van der Waals surface area contributed by atoms with Gasteiger partial charge in [0.1, 0.15) is 11.4 Å². The standard InChI is InChI=1S/C28H24N4O4/c1-2-35-28(34)22-8-12-23(13-9-22)31-27(33)26(25(18-29)32-17-16-30-19-32)36-24-14-10-21(11-15-24)20-6-4-3-5-7-20/h3-19,29H,2H2,1H3,(H,31,33)/b26-25-,29-18?. The molecule has 1 heterocycles. The van der Waals surface area contributed by atoms with E-state index in [1.807, 2.05) is 42.5 Å². The predicted molar refractivity (Wildman–Crippen MR) is 138 cm³/mol. The van der Waals surface area contributed by atoms with Gasteiger partial charge in [-0.1, -0.05) is 42.5 Å². The number of hydrogen-bond donors (Lipinski definition) is 2. The Hall–Kier alpha value is -4.98. The summed E-state index contributed by atoms with van der Waals surface area (Å²) in [6.07, 6.45) is 5.66. The van der Waals surface area contributed by atoms with E-state index in [1.54, 1.807) is 55.7 Å². The minimum Gasteiger partial charge on any atom is -0.462 e. The molecular weight excluding hydrogens is 456 g/mol. The smallest absolute Gasteiger partial charge is 0.338 e. The molecule has 0 saturated carbocycles. The second kappa shape index (κ2) is 11.4. The minimum absolute atomic E-state index is 0.0927. The van der Waals surface area contributed by atoms with Crippen LogP contribution in [0.4, 0.5) is 5.69 Å². The zero-order valence-electron chi connectivity index (χ0n) is 19.5. The van der Waals surface area contributed by atoms with E-state index < -0.39 is 11.9 Å². The van der Waals surface area contributed by atoms with Gasteiger partial charge in [0.2, 0.25) is 5.76 Å². The Labute approximate surface area is 208 Å². The van der Waals surface area contributed by atoms with Crippen LogP contribution in [0, 0.1) is 5.41 Å². The van der Waals surface area contributed by atoms with Crippen LogP contribution in [0.25, 0.3) is 16.8 Å². The van der Waals surface area contributed by atoms with Gasteiger partial charge in [-0.25, -0.2) is 9.78 Å². The SMILES string of the molecule is CCOC(=O)c1ccc(NC(=O)/C(Oc2ccc(-c3ccccc3)cc2)=C(\C=N)n2ccnc2)cc1. The summed E-state index contributed by atoms with van der Waals surface area (Å²) in [5.41, 5.74) is 3.08. The predicted octanol–water partition coefficient (Wildman–Crippen LogP) is 5.26. The number of carbonyl (C=O) groups excluding carboxylic acids is 2. The van der Waals surface area contributed by atoms with Crippen molar-refractivity contribution < 1.29 is 19.1 Å². The average molecular weight is 481 g/mol. The Kier molecular flexibility index (Phi) is 7.67. The van der Waals surface area contributed by atoms with E-state index in [-0.39, 0.29) is 18.1 Å². The number of aromatic nitrogens is 2. The van der Waals surface area contributed by atoms with Gasteiger partial charge in [0.25, 0.3) is 5.91 Å². The maximum atomic E-state index is 13.3. The number of rotatable bonds is 9. The highest BCUT2D eigenvalue weighted by atomic mass is 16.5. The fourth-order valence-electron chi connectivity index (χ4n) is 3.43. The largest absolute Gasteiger partial charge is 0.462 e. The van der Waals surface area contributed by atoms with Crippen molar-refractivity contribution in [3.63, 3.8) is 0 Å². The fourth-order valence-corrected chi connectivity index (χ4v) is 3.43. The maximum absolute atomic E-state index is 13.3. The van der Waals surface area contributed by atoms with E-state index in [0.29, 0.717) is 17.0 Å². The topological polar surface area (TPSA) is 106 Å². The summed E-state index contributed by atoms with van der Waals surface area (Å²) in [5, 5.41) is 10.7. The molecule has 8 nitrogen and oxygen atoms in total. The molecule has 0 atom stereocenters. The number of anilines is 1. The van der Waals surface area contributed by atoms with Crippen molar-refractivity contribution in [1.29, 1.82) is 5.41 Å². The van der Waals surface area contributed by atoms with Crippen molar-refractivity contribution in [2.45, 2.75) is 6.92 Å². The summed E-state index contributed by atoms with van der Waals surface area (Å²) < 4.78 is 12.5. The first-order valence-corrected chi connectivity index (χ1v) is 11.2. The minimum atomic E-state index is -0.571. The van der Waals surface area contributed by atoms with Crippen molar-refractivity contribution in [1.82, 2.24) is 9.55 Å². The van der Waals surface area contributed by atoms with Crippen molar-refractivity contribution >= 4 is 29.5 Å². The van der Waals surface area contributed by atoms with E-state index in [4.69, 9.17) is 14.9 Å². The van der Waals surface area contributed by atoms with Crippen LogP contribution in [0.3, 0.4) is 0 Å². The van der Waals surface area contributed by atoms with Gasteiger partial charge >= 0.3 is 5.97 Å². The molecule has 0 aliphatic carbocycles. The molecule has 3 aromatic carbocycles. The molecule has 0 bridgehead atoms. The van der Waals surface area contributed by atoms with Gasteiger partial charge in [0.15, 0.2) is 0 Å². The van der Waals surface area contributed by atoms with Gasteiger partial charge in [0, 0.05) is 24.3 Å². The number of hydrogen-bond acceptors (Lipinski definition) is 6. The molecule has 1 amide bonds. The molecule has 0 unspecified atom stereocenters. The molecule has 0 aliphatic rings. The summed E-state index contributed by atoms with van der Waals surface area (Å²) in [5.74, 6) is -0.676. The van der Waals surface area contributed by atoms with E-state index >= 15 is 0 Å². The molecule has 4 rings (SSSR count). The van der Waals surface area contributed by atoms with Crippen molar-refractivity contribution in [3.8, 4) is 16.9 Å². The second-order valence-electron chi connectivity index (χ2n) is 7.57. The molecule has 2 N–H and O–H groups in total. The highest BCUT2D eigenvalue weighted by molar-refractivity contribution is 6.15. The molecular formula is C28H24N4O4. The van der Waals surface area contributed by atoms with Crippen molar-refractivity contribution in [2.24, 2.45) is 0 Å². The number of imidazole rings is 1. The molecule has 0 radical (unpaired) electrons. The summed E-state index contributed by atoms with van der Waals surface area (Å²) >= 11 is 0. The van der Waals surface area contributed by atoms with Crippen LogP contribution in [0.5, 0.6) is 5.75 Å². The van der Waals surface area contributed by atoms with Crippen molar-refractivity contribution in [2.75, 3.05) is 11.9 Å². The zero-order chi connectivity index (χ0) is 25.3. The molecule has 0 saturated heterocycles. The first-order chi connectivity index (χ1) is 17.6. The van der Waals surface area contributed by atoms with Gasteiger partial charge in [-0.05, 0) is 54.4 Å². The third-order valence-corrected chi connectivity index (χ3v) is 5.19. The normalized spacial score (nSPS) is 11.2. The first-order valence-electron chi connectivity index (χ1n) is 11.2. The number of carbonyl (C=O) groups is 2. The van der Waals surface area contributed by atoms with Crippen LogP contribution in [0.15, 0.2) is 103 Å². The Morgan fingerprint density at radius 3 is 2.28 bits per heavy atom. The van der Waals surface area contributed by atoms with E-state index in [9.17, 15) is 9.59 Å². The van der Waals surface area contributed by atoms with Crippen LogP contribution in [0.2, 0.25) is 0 Å². The van der Waals surface area contributed by atoms with Gasteiger partial charge in [-0.2, -0.15) is 0 Å². The van der Waals surface area contributed by atoms with E-state index in [1.165, 1.54) is 10.9 Å². The molecule has 0 aliphatic heterocycles. The molecule has 8 heteroatoms. The molecule has 36 heavy (non-hydrogen) atoms. The Bertz CT molecular complexity index is 1360. The number of allylic oxidation sites excluding steroid dienone is 1. The molecule has 0 fully saturated rings. The second-order valence-corrected chi connectivity index (χ2v) is 7.57. The number of amides is 1. The Morgan fingerprint density at radius 2 is 1.67 bits per heavy atom. The lowest BCUT2D eigenvalue weighted by Gasteiger charge is -2.15. The van der Waals surface area contributed by atoms with Crippen molar-refractivity contribution in [3.05, 3.63) is 109 Å². The number of nitrogens with zero attached hydrogens (tertiary/aromatic N) is 2. The zero-order valence-corrected chi connectivity index (χ0v) is 19.5. The highest BCUT2D eigenvalue weighted by Crippen LogP contribution is 2.25. The summed E-state index contributed by atoms with van der Waals surface area (Å²) in [6, 6.07) is 23.5. The van der Waals surface area contributed by atoms with Gasteiger partial charge in [0.05, 0.1) is 18.5 Å². The molecule has 0 spiro atoms. The van der Waals surface area contributed by atoms with Crippen LogP contribution < -0.4 is 10.1 Å². The van der Waals surface area contributed by atoms with E-state index in [0.717, 1.165) is 17.3 Å². The molecule has 1 aromatic heterocycles. The van der Waals surface area contributed by atoms with Crippen LogP contribution in [-0.2, 0) is 9.53 Å². The number of nitrogens with one attached hydrogen (secondary N) is 2. The first kappa shape index (κ1) is 24.2. The third-order valence-electron chi connectivity index (χ3n) is 5.19. The number of benzene rings is 3. The maximum Gasteiger partial charge on any atom is 0.338 e. The lowest BCUT2D eigenvalue weighted by molar-refractivity contribution is -0.114. The lowest BCUT2D eigenvalue weighted by atomic mass is 10.1. The van der Waals surface area contributed by atoms with Crippen LogP contribution in [-0.4, -0.2) is 34.2 Å². The summed E-state index contributed by atoms with van der Waals surface area (Å²) in [7, 11) is 0. The fraction of sp³-hybridized carbons (Fsp3) is 0.0714.